The zero-order valence-corrected chi connectivity index (χ0v) is 11.1. The fourth-order valence-electron chi connectivity index (χ4n) is 1.61. The van der Waals surface area contributed by atoms with Gasteiger partial charge in [-0.2, -0.15) is 0 Å². The molecule has 1 aromatic rings. The quantitative estimate of drug-likeness (QED) is 0.397. The zero-order chi connectivity index (χ0) is 13.9. The molecule has 0 amide bonds. The Morgan fingerprint density at radius 2 is 2.05 bits per heavy atom. The van der Waals surface area contributed by atoms with Gasteiger partial charge < -0.3 is 14.8 Å². The van der Waals surface area contributed by atoms with Gasteiger partial charge in [-0.3, -0.25) is 10.1 Å². The maximum absolute atomic E-state index is 10.8. The van der Waals surface area contributed by atoms with E-state index < -0.39 is 0 Å². The summed E-state index contributed by atoms with van der Waals surface area (Å²) in [5, 5.41) is 13.9. The van der Waals surface area contributed by atoms with Crippen molar-refractivity contribution < 1.29 is 14.4 Å². The van der Waals surface area contributed by atoms with E-state index >= 15 is 0 Å². The van der Waals surface area contributed by atoms with Gasteiger partial charge in [0.2, 0.25) is 0 Å². The minimum Gasteiger partial charge on any atom is -0.385 e. The van der Waals surface area contributed by atoms with Crippen LogP contribution in [0.3, 0.4) is 0 Å². The summed E-state index contributed by atoms with van der Waals surface area (Å²) in [6.45, 7) is 3.09. The lowest BCUT2D eigenvalue weighted by Crippen LogP contribution is -2.20. The lowest BCUT2D eigenvalue weighted by atomic mass is 10.2. The fraction of sp³-hybridized carbons (Fsp3) is 0.538. The molecule has 0 saturated carbocycles. The van der Waals surface area contributed by atoms with Crippen LogP contribution in [-0.2, 0) is 16.0 Å². The number of ether oxygens (including phenoxy) is 2. The molecular formula is C13H20N2O4. The van der Waals surface area contributed by atoms with E-state index in [-0.39, 0.29) is 10.6 Å². The highest BCUT2D eigenvalue weighted by molar-refractivity contribution is 5.39. The summed E-state index contributed by atoms with van der Waals surface area (Å²) in [7, 11) is 1.66. The first kappa shape index (κ1) is 15.6. The third-order valence-electron chi connectivity index (χ3n) is 2.56. The van der Waals surface area contributed by atoms with Crippen molar-refractivity contribution in [3.8, 4) is 0 Å². The Morgan fingerprint density at radius 3 is 2.79 bits per heavy atom. The van der Waals surface area contributed by atoms with Crippen molar-refractivity contribution in [2.24, 2.45) is 0 Å². The van der Waals surface area contributed by atoms with Crippen LogP contribution >= 0.6 is 0 Å². The summed E-state index contributed by atoms with van der Waals surface area (Å²) in [6.07, 6.45) is 0.876. The molecule has 106 valence electrons. The minimum atomic E-state index is -0.363. The molecule has 0 spiro atoms. The topological polar surface area (TPSA) is 73.6 Å². The van der Waals surface area contributed by atoms with Gasteiger partial charge in [-0.05, 0) is 6.42 Å². The molecule has 0 unspecified atom stereocenters. The van der Waals surface area contributed by atoms with Gasteiger partial charge in [0.05, 0.1) is 11.5 Å². The van der Waals surface area contributed by atoms with Gasteiger partial charge in [0.15, 0.2) is 0 Å². The highest BCUT2D eigenvalue weighted by atomic mass is 16.6. The molecule has 0 radical (unpaired) electrons. The maximum atomic E-state index is 10.8. The summed E-state index contributed by atoms with van der Waals surface area (Å²) in [5.41, 5.74) is 0.836. The normalized spacial score (nSPS) is 10.6. The van der Waals surface area contributed by atoms with Gasteiger partial charge in [-0.15, -0.1) is 0 Å². The second-order valence-corrected chi connectivity index (χ2v) is 4.02. The van der Waals surface area contributed by atoms with E-state index in [0.717, 1.165) is 6.42 Å². The molecular weight excluding hydrogens is 248 g/mol. The number of hydrogen-bond acceptors (Lipinski definition) is 5. The molecule has 1 aromatic carbocycles. The monoisotopic (exact) mass is 268 g/mol. The van der Waals surface area contributed by atoms with Gasteiger partial charge in [0, 0.05) is 45.0 Å². The number of methoxy groups -OCH3 is 1. The van der Waals surface area contributed by atoms with Gasteiger partial charge in [-0.1, -0.05) is 18.2 Å². The van der Waals surface area contributed by atoms with Crippen LogP contribution in [0, 0.1) is 10.1 Å². The van der Waals surface area contributed by atoms with E-state index in [9.17, 15) is 10.1 Å². The lowest BCUT2D eigenvalue weighted by Gasteiger charge is -2.06. The maximum Gasteiger partial charge on any atom is 0.273 e. The number of nitrogens with zero attached hydrogens (tertiary/aromatic N) is 1. The number of hydrogen-bond donors (Lipinski definition) is 1. The molecule has 0 saturated heterocycles. The molecule has 0 bridgehead atoms. The Labute approximate surface area is 112 Å². The highest BCUT2D eigenvalue weighted by Crippen LogP contribution is 2.16. The van der Waals surface area contributed by atoms with Crippen LogP contribution in [-0.4, -0.2) is 38.4 Å². The number of nitrogens with one attached hydrogen (secondary N) is 1. The first-order valence-corrected chi connectivity index (χ1v) is 6.25. The van der Waals surface area contributed by atoms with E-state index in [1.807, 2.05) is 0 Å². The second-order valence-electron chi connectivity index (χ2n) is 4.02. The van der Waals surface area contributed by atoms with Crippen molar-refractivity contribution >= 4 is 5.69 Å². The smallest absolute Gasteiger partial charge is 0.273 e. The molecule has 1 rings (SSSR count). The van der Waals surface area contributed by atoms with Crippen molar-refractivity contribution in [2.45, 2.75) is 13.0 Å². The van der Waals surface area contributed by atoms with Crippen LogP contribution in [0.4, 0.5) is 5.69 Å². The SMILES string of the molecule is COCCCOCCNCc1ccccc1[N+](=O)[O-]. The van der Waals surface area contributed by atoms with Crippen molar-refractivity contribution in [1.82, 2.24) is 5.32 Å². The fourth-order valence-corrected chi connectivity index (χ4v) is 1.61. The Balaban J connectivity index is 2.17. The molecule has 1 N–H and O–H groups in total. The molecule has 6 nitrogen and oxygen atoms in total. The highest BCUT2D eigenvalue weighted by Gasteiger charge is 2.10. The Morgan fingerprint density at radius 1 is 1.26 bits per heavy atom. The molecule has 0 aliphatic heterocycles. The molecule has 0 atom stereocenters. The first-order valence-electron chi connectivity index (χ1n) is 6.25. The molecule has 19 heavy (non-hydrogen) atoms. The minimum absolute atomic E-state index is 0.149. The molecule has 0 heterocycles. The van der Waals surface area contributed by atoms with Gasteiger partial charge in [-0.25, -0.2) is 0 Å². The number of nitro groups is 1. The molecule has 0 aromatic heterocycles. The molecule has 0 aliphatic carbocycles. The first-order chi connectivity index (χ1) is 9.25. The van der Waals surface area contributed by atoms with Gasteiger partial charge >= 0.3 is 0 Å². The van der Waals surface area contributed by atoms with Crippen LogP contribution in [0.2, 0.25) is 0 Å². The van der Waals surface area contributed by atoms with E-state index in [4.69, 9.17) is 9.47 Å². The third-order valence-corrected chi connectivity index (χ3v) is 2.56. The summed E-state index contributed by atoms with van der Waals surface area (Å²) in [6, 6.07) is 6.73. The van der Waals surface area contributed by atoms with Crippen molar-refractivity contribution in [3.63, 3.8) is 0 Å². The summed E-state index contributed by atoms with van der Waals surface area (Å²) in [5.74, 6) is 0. The summed E-state index contributed by atoms with van der Waals surface area (Å²) >= 11 is 0. The number of benzene rings is 1. The second kappa shape index (κ2) is 9.43. The average Bonchev–Trinajstić information content (AvgIpc) is 2.42. The standard InChI is InChI=1S/C13H20N2O4/c1-18-8-4-9-19-10-7-14-11-12-5-2-3-6-13(12)15(16)17/h2-3,5-6,14H,4,7-11H2,1H3. The summed E-state index contributed by atoms with van der Waals surface area (Å²) < 4.78 is 10.3. The zero-order valence-electron chi connectivity index (χ0n) is 11.1. The van der Waals surface area contributed by atoms with Crippen molar-refractivity contribution in [3.05, 3.63) is 39.9 Å². The van der Waals surface area contributed by atoms with Crippen LogP contribution in [0.25, 0.3) is 0 Å². The Kier molecular flexibility index (Phi) is 7.72. The van der Waals surface area contributed by atoms with Crippen LogP contribution < -0.4 is 5.32 Å². The molecule has 0 aliphatic rings. The van der Waals surface area contributed by atoms with Crippen molar-refractivity contribution in [1.29, 1.82) is 0 Å². The molecule has 6 heteroatoms. The van der Waals surface area contributed by atoms with Crippen LogP contribution in [0.15, 0.2) is 24.3 Å². The van der Waals surface area contributed by atoms with Gasteiger partial charge in [0.1, 0.15) is 0 Å². The predicted molar refractivity (Wildman–Crippen MR) is 72.1 cm³/mol. The van der Waals surface area contributed by atoms with Crippen LogP contribution in [0.1, 0.15) is 12.0 Å². The van der Waals surface area contributed by atoms with E-state index in [0.29, 0.717) is 38.5 Å². The Hall–Kier alpha value is -1.50. The average molecular weight is 268 g/mol. The van der Waals surface area contributed by atoms with E-state index in [1.54, 1.807) is 25.3 Å². The Bertz CT molecular complexity index is 385. The molecule has 0 fully saturated rings. The largest absolute Gasteiger partial charge is 0.385 e. The third kappa shape index (κ3) is 6.28. The lowest BCUT2D eigenvalue weighted by molar-refractivity contribution is -0.385. The van der Waals surface area contributed by atoms with E-state index in [1.165, 1.54) is 6.07 Å². The number of para-hydroxylation sites is 1. The van der Waals surface area contributed by atoms with Gasteiger partial charge in [0.25, 0.3) is 5.69 Å². The predicted octanol–water partition coefficient (Wildman–Crippen LogP) is 1.74. The number of nitro benzene ring substituents is 1. The van der Waals surface area contributed by atoms with Crippen molar-refractivity contribution in [2.75, 3.05) is 33.5 Å². The van der Waals surface area contributed by atoms with E-state index in [2.05, 4.69) is 5.32 Å². The number of rotatable bonds is 10. The summed E-state index contributed by atoms with van der Waals surface area (Å²) in [4.78, 5) is 10.4. The van der Waals surface area contributed by atoms with Crippen LogP contribution in [0.5, 0.6) is 0 Å².